The van der Waals surface area contributed by atoms with Crippen LogP contribution < -0.4 is 16.0 Å². The Bertz CT molecular complexity index is 574. The van der Waals surface area contributed by atoms with E-state index in [1.165, 1.54) is 11.3 Å². The molecule has 0 spiro atoms. The van der Waals surface area contributed by atoms with E-state index < -0.39 is 0 Å². The lowest BCUT2D eigenvalue weighted by Crippen LogP contribution is -2.48. The Labute approximate surface area is 122 Å². The van der Waals surface area contributed by atoms with E-state index in [1.807, 2.05) is 13.8 Å². The van der Waals surface area contributed by atoms with E-state index >= 15 is 0 Å². The van der Waals surface area contributed by atoms with Gasteiger partial charge in [-0.15, -0.1) is 11.3 Å². The maximum Gasteiger partial charge on any atom is 0.263 e. The number of ether oxygens (including phenoxy) is 1. The summed E-state index contributed by atoms with van der Waals surface area (Å²) in [6.07, 6.45) is 0. The van der Waals surface area contributed by atoms with Crippen molar-refractivity contribution in [1.82, 2.24) is 5.32 Å². The zero-order chi connectivity index (χ0) is 14.9. The van der Waals surface area contributed by atoms with Gasteiger partial charge in [0.1, 0.15) is 21.5 Å². The Morgan fingerprint density at radius 3 is 2.85 bits per heavy atom. The molecule has 3 N–H and O–H groups in total. The van der Waals surface area contributed by atoms with Crippen molar-refractivity contribution in [1.29, 1.82) is 5.26 Å². The summed E-state index contributed by atoms with van der Waals surface area (Å²) >= 11 is 1.26. The molecule has 1 aromatic heterocycles. The minimum Gasteiger partial charge on any atom is -0.396 e. The van der Waals surface area contributed by atoms with Gasteiger partial charge in [-0.3, -0.25) is 4.79 Å². The number of anilines is 2. The minimum atomic E-state index is -0.281. The largest absolute Gasteiger partial charge is 0.396 e. The number of hydrogen-bond acceptors (Lipinski definition) is 6. The van der Waals surface area contributed by atoms with Crippen LogP contribution in [0.5, 0.6) is 0 Å². The molecule has 2 rings (SSSR count). The Kier molecular flexibility index (Phi) is 3.88. The van der Waals surface area contributed by atoms with Crippen LogP contribution in [0.3, 0.4) is 0 Å². The molecule has 0 aliphatic carbocycles. The number of nitrogen functional groups attached to an aromatic ring is 1. The number of nitrogens with one attached hydrogen (secondary N) is 1. The predicted molar refractivity (Wildman–Crippen MR) is 79.1 cm³/mol. The first-order chi connectivity index (χ1) is 9.39. The third-order valence-corrected chi connectivity index (χ3v) is 4.45. The highest BCUT2D eigenvalue weighted by molar-refractivity contribution is 7.19. The zero-order valence-electron chi connectivity index (χ0n) is 11.8. The number of nitriles is 1. The van der Waals surface area contributed by atoms with Crippen LogP contribution in [0, 0.1) is 11.3 Å². The number of amides is 1. The van der Waals surface area contributed by atoms with Crippen molar-refractivity contribution >= 4 is 27.9 Å². The van der Waals surface area contributed by atoms with Gasteiger partial charge in [-0.05, 0) is 13.8 Å². The fraction of sp³-hybridized carbons (Fsp3) is 0.538. The van der Waals surface area contributed by atoms with Gasteiger partial charge in [-0.25, -0.2) is 0 Å². The summed E-state index contributed by atoms with van der Waals surface area (Å²) in [5.74, 6) is -0.261. The maximum atomic E-state index is 11.8. The summed E-state index contributed by atoms with van der Waals surface area (Å²) in [5, 5.41) is 12.6. The van der Waals surface area contributed by atoms with E-state index in [2.05, 4.69) is 16.3 Å². The number of carbonyl (C=O) groups is 1. The lowest BCUT2D eigenvalue weighted by atomic mass is 10.1. The SMILES string of the molecule is CNC(=O)c1sc(N2CCOC(C)(C)C2)c(C#N)c1N. The summed E-state index contributed by atoms with van der Waals surface area (Å²) in [7, 11) is 1.55. The number of nitrogens with two attached hydrogens (primary N) is 1. The van der Waals surface area contributed by atoms with Crippen LogP contribution in [0.2, 0.25) is 0 Å². The molecule has 2 heterocycles. The highest BCUT2D eigenvalue weighted by atomic mass is 32.1. The van der Waals surface area contributed by atoms with Gasteiger partial charge < -0.3 is 20.7 Å². The van der Waals surface area contributed by atoms with Gasteiger partial charge in [0.2, 0.25) is 0 Å². The Morgan fingerprint density at radius 2 is 2.30 bits per heavy atom. The molecular formula is C13H18N4O2S. The molecule has 0 bridgehead atoms. The monoisotopic (exact) mass is 294 g/mol. The van der Waals surface area contributed by atoms with E-state index in [0.29, 0.717) is 30.1 Å². The van der Waals surface area contributed by atoms with Crippen LogP contribution in [0.1, 0.15) is 29.1 Å². The molecule has 0 aromatic carbocycles. The summed E-state index contributed by atoms with van der Waals surface area (Å²) in [4.78, 5) is 14.2. The van der Waals surface area contributed by atoms with Gasteiger partial charge in [0.25, 0.3) is 5.91 Å². The average Bonchev–Trinajstić information content (AvgIpc) is 2.73. The molecule has 1 saturated heterocycles. The van der Waals surface area contributed by atoms with Crippen molar-refractivity contribution in [2.24, 2.45) is 0 Å². The van der Waals surface area contributed by atoms with E-state index in [0.717, 1.165) is 5.00 Å². The Hall–Kier alpha value is -1.78. The molecule has 0 radical (unpaired) electrons. The van der Waals surface area contributed by atoms with Gasteiger partial charge in [0, 0.05) is 20.1 Å². The third kappa shape index (κ3) is 2.57. The van der Waals surface area contributed by atoms with Gasteiger partial charge >= 0.3 is 0 Å². The lowest BCUT2D eigenvalue weighted by Gasteiger charge is -2.38. The second kappa shape index (κ2) is 5.31. The quantitative estimate of drug-likeness (QED) is 0.854. The van der Waals surface area contributed by atoms with Gasteiger partial charge in [-0.2, -0.15) is 5.26 Å². The van der Waals surface area contributed by atoms with Gasteiger partial charge in [-0.1, -0.05) is 0 Å². The van der Waals surface area contributed by atoms with Crippen molar-refractivity contribution in [3.8, 4) is 6.07 Å². The van der Waals surface area contributed by atoms with Crippen molar-refractivity contribution in [3.63, 3.8) is 0 Å². The van der Waals surface area contributed by atoms with Crippen LogP contribution in [0.25, 0.3) is 0 Å². The second-order valence-corrected chi connectivity index (χ2v) is 6.24. The molecular weight excluding hydrogens is 276 g/mol. The molecule has 1 aliphatic heterocycles. The summed E-state index contributed by atoms with van der Waals surface area (Å²) in [6.45, 7) is 5.94. The first-order valence-electron chi connectivity index (χ1n) is 6.33. The van der Waals surface area contributed by atoms with Crippen molar-refractivity contribution in [2.75, 3.05) is 37.4 Å². The molecule has 1 aliphatic rings. The van der Waals surface area contributed by atoms with Crippen molar-refractivity contribution in [2.45, 2.75) is 19.4 Å². The Morgan fingerprint density at radius 1 is 1.60 bits per heavy atom. The number of thiophene rings is 1. The minimum absolute atomic E-state index is 0.260. The van der Waals surface area contributed by atoms with Crippen molar-refractivity contribution in [3.05, 3.63) is 10.4 Å². The van der Waals surface area contributed by atoms with Gasteiger partial charge in [0.15, 0.2) is 0 Å². The molecule has 0 saturated carbocycles. The van der Waals surface area contributed by atoms with Crippen molar-refractivity contribution < 1.29 is 9.53 Å². The number of hydrogen-bond donors (Lipinski definition) is 2. The summed E-state index contributed by atoms with van der Waals surface area (Å²) in [6, 6.07) is 2.11. The Balaban J connectivity index is 2.42. The summed E-state index contributed by atoms with van der Waals surface area (Å²) in [5.41, 5.74) is 6.29. The molecule has 1 aromatic rings. The molecule has 1 amide bonds. The topological polar surface area (TPSA) is 91.4 Å². The van der Waals surface area contributed by atoms with E-state index in [9.17, 15) is 10.1 Å². The number of carbonyl (C=O) groups excluding carboxylic acids is 1. The van der Waals surface area contributed by atoms with Crippen LogP contribution >= 0.6 is 11.3 Å². The molecule has 7 heteroatoms. The molecule has 0 atom stereocenters. The van der Waals surface area contributed by atoms with Crippen LogP contribution in [0.4, 0.5) is 10.7 Å². The van der Waals surface area contributed by atoms with Crippen LogP contribution in [0.15, 0.2) is 0 Å². The lowest BCUT2D eigenvalue weighted by molar-refractivity contribution is -0.0275. The average molecular weight is 294 g/mol. The van der Waals surface area contributed by atoms with E-state index in [-0.39, 0.29) is 17.2 Å². The highest BCUT2D eigenvalue weighted by Gasteiger charge is 2.31. The van der Waals surface area contributed by atoms with Crippen LogP contribution in [-0.4, -0.2) is 38.3 Å². The first kappa shape index (κ1) is 14.6. The number of nitrogens with zero attached hydrogens (tertiary/aromatic N) is 2. The fourth-order valence-electron chi connectivity index (χ4n) is 2.23. The predicted octanol–water partition coefficient (Wildman–Crippen LogP) is 1.18. The normalized spacial score (nSPS) is 17.6. The second-order valence-electron chi connectivity index (χ2n) is 5.25. The molecule has 20 heavy (non-hydrogen) atoms. The number of rotatable bonds is 2. The van der Waals surface area contributed by atoms with E-state index in [4.69, 9.17) is 10.5 Å². The molecule has 0 unspecified atom stereocenters. The summed E-state index contributed by atoms with van der Waals surface area (Å²) < 4.78 is 5.67. The first-order valence-corrected chi connectivity index (χ1v) is 7.14. The van der Waals surface area contributed by atoms with Gasteiger partial charge in [0.05, 0.1) is 17.9 Å². The molecule has 1 fully saturated rings. The maximum absolute atomic E-state index is 11.8. The van der Waals surface area contributed by atoms with Crippen LogP contribution in [-0.2, 0) is 4.74 Å². The molecule has 108 valence electrons. The highest BCUT2D eigenvalue weighted by Crippen LogP contribution is 2.39. The van der Waals surface area contributed by atoms with E-state index in [1.54, 1.807) is 7.05 Å². The standard InChI is InChI=1S/C13H18N4O2S/c1-13(2)7-17(4-5-19-13)12-8(6-14)9(15)10(20-12)11(18)16-3/h4-5,7,15H2,1-3H3,(H,16,18). The third-order valence-electron chi connectivity index (χ3n) is 3.18. The number of morpholine rings is 1. The zero-order valence-corrected chi connectivity index (χ0v) is 12.6. The smallest absolute Gasteiger partial charge is 0.263 e. The molecule has 6 nitrogen and oxygen atoms in total. The fourth-order valence-corrected chi connectivity index (χ4v) is 3.38.